The fourth-order valence-electron chi connectivity index (χ4n) is 1.20. The summed E-state index contributed by atoms with van der Waals surface area (Å²) in [5, 5.41) is 9.05. The molecule has 0 aliphatic heterocycles. The number of hydrogen-bond acceptors (Lipinski definition) is 2. The molecule has 0 saturated carbocycles. The molecule has 1 aromatic rings. The first-order valence-corrected chi connectivity index (χ1v) is 5.59. The van der Waals surface area contributed by atoms with E-state index in [4.69, 9.17) is 5.11 Å². The van der Waals surface area contributed by atoms with Gasteiger partial charge in [0.05, 0.1) is 12.3 Å². The lowest BCUT2D eigenvalue weighted by Gasteiger charge is -2.05. The van der Waals surface area contributed by atoms with Crippen LogP contribution in [-0.4, -0.2) is 17.4 Å². The molecule has 80 valence electrons. The van der Waals surface area contributed by atoms with Gasteiger partial charge in [-0.1, -0.05) is 47.6 Å². The SMILES string of the molecule is C=C(Br)c1ccccc1N=C(CC)CO. The summed E-state index contributed by atoms with van der Waals surface area (Å²) in [7, 11) is 0. The van der Waals surface area contributed by atoms with Crippen molar-refractivity contribution in [1.29, 1.82) is 0 Å². The van der Waals surface area contributed by atoms with E-state index in [1.54, 1.807) is 0 Å². The van der Waals surface area contributed by atoms with Crippen molar-refractivity contribution in [2.75, 3.05) is 6.61 Å². The smallest absolute Gasteiger partial charge is 0.0813 e. The van der Waals surface area contributed by atoms with E-state index in [0.717, 1.165) is 27.9 Å². The van der Waals surface area contributed by atoms with Gasteiger partial charge in [0, 0.05) is 15.8 Å². The Balaban J connectivity index is 3.13. The van der Waals surface area contributed by atoms with Crippen LogP contribution in [0.25, 0.3) is 4.48 Å². The van der Waals surface area contributed by atoms with E-state index in [1.807, 2.05) is 31.2 Å². The van der Waals surface area contributed by atoms with Crippen LogP contribution in [0.1, 0.15) is 18.9 Å². The molecule has 0 aromatic heterocycles. The molecule has 1 rings (SSSR count). The summed E-state index contributed by atoms with van der Waals surface area (Å²) >= 11 is 3.34. The molecule has 0 bridgehead atoms. The first-order chi connectivity index (χ1) is 7.19. The number of hydrogen-bond donors (Lipinski definition) is 1. The van der Waals surface area contributed by atoms with Crippen LogP contribution in [-0.2, 0) is 0 Å². The molecule has 3 heteroatoms. The van der Waals surface area contributed by atoms with Gasteiger partial charge in [0.2, 0.25) is 0 Å². The predicted octanol–water partition coefficient (Wildman–Crippen LogP) is 3.53. The van der Waals surface area contributed by atoms with Crippen LogP contribution >= 0.6 is 15.9 Å². The molecule has 0 aliphatic rings. The Morgan fingerprint density at radius 3 is 2.67 bits per heavy atom. The highest BCUT2D eigenvalue weighted by Crippen LogP contribution is 2.28. The van der Waals surface area contributed by atoms with Crippen molar-refractivity contribution < 1.29 is 5.11 Å². The molecule has 1 aromatic carbocycles. The van der Waals surface area contributed by atoms with Crippen LogP contribution in [0.3, 0.4) is 0 Å². The van der Waals surface area contributed by atoms with Gasteiger partial charge >= 0.3 is 0 Å². The molecule has 0 unspecified atom stereocenters. The van der Waals surface area contributed by atoms with Gasteiger partial charge in [-0.2, -0.15) is 0 Å². The van der Waals surface area contributed by atoms with Gasteiger partial charge in [0.25, 0.3) is 0 Å². The highest BCUT2D eigenvalue weighted by molar-refractivity contribution is 9.15. The maximum atomic E-state index is 9.05. The Kier molecular flexibility index (Phi) is 4.72. The van der Waals surface area contributed by atoms with Gasteiger partial charge in [-0.25, -0.2) is 0 Å². The van der Waals surface area contributed by atoms with Crippen LogP contribution in [0.2, 0.25) is 0 Å². The average molecular weight is 268 g/mol. The monoisotopic (exact) mass is 267 g/mol. The number of rotatable bonds is 4. The molecule has 2 nitrogen and oxygen atoms in total. The van der Waals surface area contributed by atoms with Gasteiger partial charge in [0.15, 0.2) is 0 Å². The Labute approximate surface area is 98.5 Å². The molecular weight excluding hydrogens is 254 g/mol. The van der Waals surface area contributed by atoms with Crippen molar-refractivity contribution in [3.8, 4) is 0 Å². The second-order valence-electron chi connectivity index (χ2n) is 3.11. The van der Waals surface area contributed by atoms with E-state index >= 15 is 0 Å². The number of aliphatic hydroxyl groups excluding tert-OH is 1. The number of halogens is 1. The normalized spacial score (nSPS) is 11.5. The third-order valence-corrected chi connectivity index (χ3v) is 2.49. The number of benzene rings is 1. The molecule has 0 heterocycles. The lowest BCUT2D eigenvalue weighted by Crippen LogP contribution is -2.01. The van der Waals surface area contributed by atoms with Crippen molar-refractivity contribution >= 4 is 31.8 Å². The Morgan fingerprint density at radius 2 is 2.13 bits per heavy atom. The van der Waals surface area contributed by atoms with Crippen molar-refractivity contribution in [3.05, 3.63) is 36.4 Å². The lowest BCUT2D eigenvalue weighted by atomic mass is 10.2. The standard InChI is InChI=1S/C12H14BrNO/c1-3-10(8-15)14-12-7-5-4-6-11(12)9(2)13/h4-7,15H,2-3,8H2,1H3. The minimum absolute atomic E-state index is 0.000401. The fourth-order valence-corrected chi connectivity index (χ4v) is 1.53. The van der Waals surface area contributed by atoms with Crippen molar-refractivity contribution in [2.45, 2.75) is 13.3 Å². The summed E-state index contributed by atoms with van der Waals surface area (Å²) < 4.78 is 0.801. The van der Waals surface area contributed by atoms with E-state index in [2.05, 4.69) is 27.5 Å². The summed E-state index contributed by atoms with van der Waals surface area (Å²) in [5.74, 6) is 0. The van der Waals surface area contributed by atoms with Crippen LogP contribution in [0, 0.1) is 0 Å². The first-order valence-electron chi connectivity index (χ1n) is 4.80. The molecular formula is C12H14BrNO. The topological polar surface area (TPSA) is 32.6 Å². The molecule has 0 saturated heterocycles. The van der Waals surface area contributed by atoms with E-state index in [0.29, 0.717) is 0 Å². The van der Waals surface area contributed by atoms with Gasteiger partial charge in [-0.3, -0.25) is 4.99 Å². The quantitative estimate of drug-likeness (QED) is 0.832. The average Bonchev–Trinajstić information content (AvgIpc) is 2.26. The summed E-state index contributed by atoms with van der Waals surface area (Å²) in [6.07, 6.45) is 0.750. The minimum Gasteiger partial charge on any atom is -0.390 e. The van der Waals surface area contributed by atoms with Gasteiger partial charge in [-0.15, -0.1) is 0 Å². The van der Waals surface area contributed by atoms with Crippen molar-refractivity contribution in [1.82, 2.24) is 0 Å². The molecule has 1 N–H and O–H groups in total. The van der Waals surface area contributed by atoms with E-state index in [1.165, 1.54) is 0 Å². The van der Waals surface area contributed by atoms with Crippen LogP contribution in [0.5, 0.6) is 0 Å². The summed E-state index contributed by atoms with van der Waals surface area (Å²) in [6.45, 7) is 5.80. The Morgan fingerprint density at radius 1 is 1.47 bits per heavy atom. The number of aliphatic imine (C=N–C) groups is 1. The highest BCUT2D eigenvalue weighted by atomic mass is 79.9. The zero-order valence-electron chi connectivity index (χ0n) is 8.70. The van der Waals surface area contributed by atoms with Crippen LogP contribution in [0.4, 0.5) is 5.69 Å². The number of nitrogens with zero attached hydrogens (tertiary/aromatic N) is 1. The predicted molar refractivity (Wildman–Crippen MR) is 68.9 cm³/mol. The lowest BCUT2D eigenvalue weighted by molar-refractivity contribution is 0.355. The van der Waals surface area contributed by atoms with Crippen LogP contribution in [0.15, 0.2) is 35.8 Å². The molecule has 0 radical (unpaired) electrons. The highest BCUT2D eigenvalue weighted by Gasteiger charge is 2.02. The molecule has 0 atom stereocenters. The molecule has 15 heavy (non-hydrogen) atoms. The summed E-state index contributed by atoms with van der Waals surface area (Å²) in [4.78, 5) is 4.39. The summed E-state index contributed by atoms with van der Waals surface area (Å²) in [6, 6.07) is 7.71. The van der Waals surface area contributed by atoms with E-state index < -0.39 is 0 Å². The molecule has 0 amide bonds. The molecule has 0 spiro atoms. The largest absolute Gasteiger partial charge is 0.390 e. The van der Waals surface area contributed by atoms with E-state index in [9.17, 15) is 0 Å². The Bertz CT molecular complexity index is 379. The zero-order valence-corrected chi connectivity index (χ0v) is 10.3. The van der Waals surface area contributed by atoms with Gasteiger partial charge < -0.3 is 5.11 Å². The second kappa shape index (κ2) is 5.83. The first kappa shape index (κ1) is 12.1. The number of aliphatic hydroxyl groups is 1. The molecule has 0 fully saturated rings. The number of para-hydroxylation sites is 1. The second-order valence-corrected chi connectivity index (χ2v) is 4.07. The zero-order chi connectivity index (χ0) is 11.3. The van der Waals surface area contributed by atoms with Crippen molar-refractivity contribution in [3.63, 3.8) is 0 Å². The Hall–Kier alpha value is -0.930. The third kappa shape index (κ3) is 3.29. The van der Waals surface area contributed by atoms with Crippen LogP contribution < -0.4 is 0 Å². The molecule has 0 aliphatic carbocycles. The summed E-state index contributed by atoms with van der Waals surface area (Å²) in [5.41, 5.74) is 2.57. The third-order valence-electron chi connectivity index (χ3n) is 2.07. The maximum absolute atomic E-state index is 9.05. The van der Waals surface area contributed by atoms with Gasteiger partial charge in [0.1, 0.15) is 0 Å². The van der Waals surface area contributed by atoms with E-state index in [-0.39, 0.29) is 6.61 Å². The fraction of sp³-hybridized carbons (Fsp3) is 0.250. The van der Waals surface area contributed by atoms with Gasteiger partial charge in [-0.05, 0) is 12.5 Å². The minimum atomic E-state index is -0.000401. The maximum Gasteiger partial charge on any atom is 0.0813 e. The van der Waals surface area contributed by atoms with Crippen molar-refractivity contribution in [2.24, 2.45) is 4.99 Å².